The molecule has 0 aromatic heterocycles. The number of nitrogen functional groups attached to an aromatic ring is 1. The minimum Gasteiger partial charge on any atom is -0.398 e. The Morgan fingerprint density at radius 2 is 2.13 bits per heavy atom. The third-order valence-corrected chi connectivity index (χ3v) is 2.98. The topological polar surface area (TPSA) is 38.0 Å². The van der Waals surface area contributed by atoms with E-state index in [0.717, 1.165) is 29.5 Å². The molecule has 0 radical (unpaired) electrons. The van der Waals surface area contributed by atoms with Gasteiger partial charge in [-0.25, -0.2) is 0 Å². The molecule has 3 N–H and O–H groups in total. The highest BCUT2D eigenvalue weighted by Gasteiger charge is 1.98. The standard InChI is InChI=1S/C12H19BrN2/c1-9(2)15-7-3-4-10-5-6-11(13)12(14)8-10/h5-6,8-9,15H,3-4,7,14H2,1-2H3. The fourth-order valence-electron chi connectivity index (χ4n) is 1.43. The SMILES string of the molecule is CC(C)NCCCc1ccc(Br)c(N)c1. The molecule has 0 aliphatic heterocycles. The summed E-state index contributed by atoms with van der Waals surface area (Å²) < 4.78 is 0.978. The number of aryl methyl sites for hydroxylation is 1. The van der Waals surface area contributed by atoms with Crippen LogP contribution in [0.25, 0.3) is 0 Å². The number of anilines is 1. The highest BCUT2D eigenvalue weighted by Crippen LogP contribution is 2.20. The van der Waals surface area contributed by atoms with E-state index in [4.69, 9.17) is 5.73 Å². The molecule has 0 aliphatic rings. The van der Waals surface area contributed by atoms with Crippen molar-refractivity contribution in [1.82, 2.24) is 5.32 Å². The van der Waals surface area contributed by atoms with Crippen molar-refractivity contribution in [1.29, 1.82) is 0 Å². The van der Waals surface area contributed by atoms with Gasteiger partial charge in [0.15, 0.2) is 0 Å². The second kappa shape index (κ2) is 6.13. The van der Waals surface area contributed by atoms with E-state index in [1.807, 2.05) is 12.1 Å². The molecule has 0 spiro atoms. The number of nitrogens with one attached hydrogen (secondary N) is 1. The second-order valence-corrected chi connectivity index (χ2v) is 4.92. The van der Waals surface area contributed by atoms with Crippen molar-refractivity contribution in [2.24, 2.45) is 0 Å². The van der Waals surface area contributed by atoms with Crippen LogP contribution in [0.4, 0.5) is 5.69 Å². The number of benzene rings is 1. The molecule has 0 atom stereocenters. The summed E-state index contributed by atoms with van der Waals surface area (Å²) in [4.78, 5) is 0. The number of nitrogens with two attached hydrogens (primary N) is 1. The van der Waals surface area contributed by atoms with E-state index in [-0.39, 0.29) is 0 Å². The van der Waals surface area contributed by atoms with E-state index >= 15 is 0 Å². The van der Waals surface area contributed by atoms with Crippen molar-refractivity contribution < 1.29 is 0 Å². The monoisotopic (exact) mass is 270 g/mol. The van der Waals surface area contributed by atoms with Gasteiger partial charge in [-0.15, -0.1) is 0 Å². The van der Waals surface area contributed by atoms with Crippen LogP contribution in [-0.2, 0) is 6.42 Å². The molecule has 84 valence electrons. The van der Waals surface area contributed by atoms with Gasteiger partial charge in [0, 0.05) is 16.2 Å². The maximum atomic E-state index is 5.81. The highest BCUT2D eigenvalue weighted by molar-refractivity contribution is 9.10. The molecule has 1 rings (SSSR count). The average Bonchev–Trinajstić information content (AvgIpc) is 2.18. The summed E-state index contributed by atoms with van der Waals surface area (Å²) in [5.41, 5.74) is 7.94. The Labute approximate surface area is 100 Å². The molecule has 1 aromatic rings. The van der Waals surface area contributed by atoms with Crippen molar-refractivity contribution in [3.05, 3.63) is 28.2 Å². The smallest absolute Gasteiger partial charge is 0.0461 e. The van der Waals surface area contributed by atoms with Crippen molar-refractivity contribution in [2.75, 3.05) is 12.3 Å². The summed E-state index contributed by atoms with van der Waals surface area (Å²) in [7, 11) is 0. The molecular formula is C12H19BrN2. The van der Waals surface area contributed by atoms with Crippen molar-refractivity contribution in [3.8, 4) is 0 Å². The maximum absolute atomic E-state index is 5.81. The Bertz CT molecular complexity index is 310. The largest absolute Gasteiger partial charge is 0.398 e. The molecule has 0 fully saturated rings. The van der Waals surface area contributed by atoms with Crippen LogP contribution in [0.3, 0.4) is 0 Å². The normalized spacial score (nSPS) is 10.9. The first-order valence-electron chi connectivity index (χ1n) is 5.37. The van der Waals surface area contributed by atoms with Gasteiger partial charge in [-0.3, -0.25) is 0 Å². The summed E-state index contributed by atoms with van der Waals surface area (Å²) in [6.07, 6.45) is 2.23. The van der Waals surface area contributed by atoms with Gasteiger partial charge in [0.25, 0.3) is 0 Å². The van der Waals surface area contributed by atoms with Gasteiger partial charge in [-0.1, -0.05) is 19.9 Å². The first-order chi connectivity index (χ1) is 7.09. The summed E-state index contributed by atoms with van der Waals surface area (Å²) >= 11 is 3.39. The molecule has 2 nitrogen and oxygen atoms in total. The van der Waals surface area contributed by atoms with Gasteiger partial charge in [0.1, 0.15) is 0 Å². The lowest BCUT2D eigenvalue weighted by molar-refractivity contribution is 0.570. The number of hydrogen-bond acceptors (Lipinski definition) is 2. The predicted octanol–water partition coefficient (Wildman–Crippen LogP) is 2.96. The zero-order valence-corrected chi connectivity index (χ0v) is 11.0. The van der Waals surface area contributed by atoms with Gasteiger partial charge in [-0.2, -0.15) is 0 Å². The van der Waals surface area contributed by atoms with Crippen molar-refractivity contribution in [2.45, 2.75) is 32.7 Å². The molecule has 3 heteroatoms. The summed E-state index contributed by atoms with van der Waals surface area (Å²) in [6, 6.07) is 6.75. The molecular weight excluding hydrogens is 252 g/mol. The lowest BCUT2D eigenvalue weighted by Gasteiger charge is -2.08. The van der Waals surface area contributed by atoms with Gasteiger partial charge >= 0.3 is 0 Å². The lowest BCUT2D eigenvalue weighted by Crippen LogP contribution is -2.23. The van der Waals surface area contributed by atoms with E-state index in [1.54, 1.807) is 0 Å². The van der Waals surface area contributed by atoms with Crippen LogP contribution in [0.1, 0.15) is 25.8 Å². The lowest BCUT2D eigenvalue weighted by atomic mass is 10.1. The Morgan fingerprint density at radius 3 is 2.73 bits per heavy atom. The zero-order valence-electron chi connectivity index (χ0n) is 9.39. The van der Waals surface area contributed by atoms with E-state index in [0.29, 0.717) is 6.04 Å². The molecule has 15 heavy (non-hydrogen) atoms. The Hall–Kier alpha value is -0.540. The van der Waals surface area contributed by atoms with Crippen LogP contribution >= 0.6 is 15.9 Å². The molecule has 0 bridgehead atoms. The van der Waals surface area contributed by atoms with Crippen LogP contribution < -0.4 is 11.1 Å². The van der Waals surface area contributed by atoms with Gasteiger partial charge in [0.05, 0.1) is 0 Å². The van der Waals surface area contributed by atoms with Crippen LogP contribution in [0.5, 0.6) is 0 Å². The van der Waals surface area contributed by atoms with E-state index in [9.17, 15) is 0 Å². The van der Waals surface area contributed by atoms with Gasteiger partial charge in [-0.05, 0) is 53.0 Å². The molecule has 0 saturated heterocycles. The molecule has 0 aliphatic carbocycles. The molecule has 0 saturated carbocycles. The minimum atomic E-state index is 0.569. The number of rotatable bonds is 5. The predicted molar refractivity (Wildman–Crippen MR) is 70.0 cm³/mol. The summed E-state index contributed by atoms with van der Waals surface area (Å²) in [5.74, 6) is 0. The van der Waals surface area contributed by atoms with Crippen molar-refractivity contribution >= 4 is 21.6 Å². The Kier molecular flexibility index (Phi) is 5.12. The third kappa shape index (κ3) is 4.67. The fourth-order valence-corrected chi connectivity index (χ4v) is 1.68. The molecule has 1 aromatic carbocycles. The van der Waals surface area contributed by atoms with Gasteiger partial charge in [0.2, 0.25) is 0 Å². The first kappa shape index (κ1) is 12.5. The van der Waals surface area contributed by atoms with Crippen LogP contribution in [0, 0.1) is 0 Å². The fraction of sp³-hybridized carbons (Fsp3) is 0.500. The van der Waals surface area contributed by atoms with Crippen LogP contribution in [0.15, 0.2) is 22.7 Å². The summed E-state index contributed by atoms with van der Waals surface area (Å²) in [5, 5.41) is 3.40. The average molecular weight is 271 g/mol. The van der Waals surface area contributed by atoms with Crippen LogP contribution in [0.2, 0.25) is 0 Å². The van der Waals surface area contributed by atoms with E-state index in [2.05, 4.69) is 41.2 Å². The third-order valence-electron chi connectivity index (χ3n) is 2.26. The Morgan fingerprint density at radius 1 is 1.40 bits per heavy atom. The zero-order chi connectivity index (χ0) is 11.3. The summed E-state index contributed by atoms with van der Waals surface area (Å²) in [6.45, 7) is 5.39. The molecule has 0 amide bonds. The Balaban J connectivity index is 2.35. The quantitative estimate of drug-likeness (QED) is 0.638. The van der Waals surface area contributed by atoms with E-state index in [1.165, 1.54) is 5.56 Å². The molecule has 0 unspecified atom stereocenters. The van der Waals surface area contributed by atoms with Crippen molar-refractivity contribution in [3.63, 3.8) is 0 Å². The number of halogens is 1. The highest BCUT2D eigenvalue weighted by atomic mass is 79.9. The van der Waals surface area contributed by atoms with Crippen LogP contribution in [-0.4, -0.2) is 12.6 Å². The minimum absolute atomic E-state index is 0.569. The molecule has 0 heterocycles. The number of hydrogen-bond donors (Lipinski definition) is 2. The second-order valence-electron chi connectivity index (χ2n) is 4.07. The van der Waals surface area contributed by atoms with Gasteiger partial charge < -0.3 is 11.1 Å². The maximum Gasteiger partial charge on any atom is 0.0461 e. The first-order valence-corrected chi connectivity index (χ1v) is 6.16. The van der Waals surface area contributed by atoms with E-state index < -0.39 is 0 Å².